The number of aryl methyl sites for hydroxylation is 1. The van der Waals surface area contributed by atoms with Gasteiger partial charge in [0.05, 0.1) is 5.39 Å². The van der Waals surface area contributed by atoms with E-state index < -0.39 is 17.9 Å². The zero-order valence-electron chi connectivity index (χ0n) is 18.9. The number of carboxylic acid groups (broad SMARTS) is 1. The van der Waals surface area contributed by atoms with Crippen molar-refractivity contribution in [2.24, 2.45) is 0 Å². The lowest BCUT2D eigenvalue weighted by Gasteiger charge is -2.14. The highest BCUT2D eigenvalue weighted by Gasteiger charge is 2.22. The first-order valence-corrected chi connectivity index (χ1v) is 11.1. The maximum absolute atomic E-state index is 12.8. The summed E-state index contributed by atoms with van der Waals surface area (Å²) in [5.41, 5.74) is 3.97. The van der Waals surface area contributed by atoms with Gasteiger partial charge in [0.25, 0.3) is 5.91 Å². The molecule has 5 aromatic rings. The van der Waals surface area contributed by atoms with Crippen LogP contribution in [0.1, 0.15) is 21.5 Å². The number of carbonyl (C=O) groups is 2. The summed E-state index contributed by atoms with van der Waals surface area (Å²) in [6.07, 6.45) is 1.91. The number of fused-ring (bicyclic) bond motifs is 2. The number of amides is 1. The molecule has 2 aromatic heterocycles. The van der Waals surface area contributed by atoms with Crippen molar-refractivity contribution in [1.29, 1.82) is 0 Å². The molecule has 2 heterocycles. The van der Waals surface area contributed by atoms with Crippen LogP contribution in [0.3, 0.4) is 0 Å². The summed E-state index contributed by atoms with van der Waals surface area (Å²) in [6, 6.07) is 19.8. The number of benzene rings is 3. The summed E-state index contributed by atoms with van der Waals surface area (Å²) in [7, 11) is 0. The van der Waals surface area contributed by atoms with Gasteiger partial charge >= 0.3 is 5.97 Å². The first-order valence-electron chi connectivity index (χ1n) is 11.1. The summed E-state index contributed by atoms with van der Waals surface area (Å²) in [5.74, 6) is -1.23. The average molecular weight is 466 g/mol. The Balaban J connectivity index is 1.35. The smallest absolute Gasteiger partial charge is 0.326 e. The first kappa shape index (κ1) is 22.2. The highest BCUT2D eigenvalue weighted by molar-refractivity contribution is 5.97. The molecule has 0 aliphatic rings. The van der Waals surface area contributed by atoms with Gasteiger partial charge in [-0.05, 0) is 42.8 Å². The van der Waals surface area contributed by atoms with Crippen molar-refractivity contribution in [3.8, 4) is 11.3 Å². The Bertz CT molecular complexity index is 1630. The second-order valence-electron chi connectivity index (χ2n) is 8.48. The third-order valence-corrected chi connectivity index (χ3v) is 6.02. The summed E-state index contributed by atoms with van der Waals surface area (Å²) < 4.78 is 5.89. The monoisotopic (exact) mass is 466 g/mol. The Hall–Kier alpha value is -4.65. The van der Waals surface area contributed by atoms with Crippen molar-refractivity contribution in [1.82, 2.24) is 10.3 Å². The molecule has 35 heavy (non-hydrogen) atoms. The van der Waals surface area contributed by atoms with E-state index in [-0.39, 0.29) is 11.8 Å². The van der Waals surface area contributed by atoms with Gasteiger partial charge in [-0.15, -0.1) is 0 Å². The first-order chi connectivity index (χ1) is 16.9. The number of aromatic nitrogens is 1. The molecule has 0 saturated heterocycles. The number of para-hydroxylation sites is 1. The number of rotatable bonds is 6. The van der Waals surface area contributed by atoms with Gasteiger partial charge in [0.1, 0.15) is 17.4 Å². The van der Waals surface area contributed by atoms with Crippen LogP contribution in [-0.4, -0.2) is 28.0 Å². The number of carbonyl (C=O) groups excluding carboxylic acids is 1. The van der Waals surface area contributed by atoms with Crippen molar-refractivity contribution in [2.75, 3.05) is 0 Å². The number of hydrogen-bond donors (Lipinski definition) is 3. The van der Waals surface area contributed by atoms with E-state index in [0.717, 1.165) is 22.0 Å². The topological polar surface area (TPSA) is 112 Å². The second-order valence-corrected chi connectivity index (χ2v) is 8.48. The van der Waals surface area contributed by atoms with Crippen LogP contribution in [0.4, 0.5) is 0 Å². The molecule has 7 nitrogen and oxygen atoms in total. The molecule has 0 bridgehead atoms. The summed E-state index contributed by atoms with van der Waals surface area (Å²) in [6.45, 7) is 1.91. The normalized spacial score (nSPS) is 12.0. The van der Waals surface area contributed by atoms with Crippen LogP contribution in [0.15, 0.2) is 88.2 Å². The molecule has 7 heteroatoms. The fourth-order valence-electron chi connectivity index (χ4n) is 4.16. The van der Waals surface area contributed by atoms with E-state index in [1.807, 2.05) is 37.3 Å². The molecule has 1 atom stereocenters. The highest BCUT2D eigenvalue weighted by Crippen LogP contribution is 2.23. The van der Waals surface area contributed by atoms with Gasteiger partial charge in [-0.2, -0.15) is 0 Å². The zero-order chi connectivity index (χ0) is 24.5. The fraction of sp³-hybridized carbons (Fsp3) is 0.107. The Labute approximate surface area is 200 Å². The van der Waals surface area contributed by atoms with Gasteiger partial charge in [0.2, 0.25) is 0 Å². The molecular weight excluding hydrogens is 444 g/mol. The van der Waals surface area contributed by atoms with E-state index in [1.54, 1.807) is 42.6 Å². The summed E-state index contributed by atoms with van der Waals surface area (Å²) in [4.78, 5) is 40.3. The molecule has 0 spiro atoms. The molecule has 1 unspecified atom stereocenters. The third-order valence-electron chi connectivity index (χ3n) is 6.02. The number of H-pyrrole nitrogens is 1. The molecule has 0 saturated carbocycles. The van der Waals surface area contributed by atoms with Gasteiger partial charge in [0, 0.05) is 40.7 Å². The van der Waals surface area contributed by atoms with Crippen LogP contribution in [0.2, 0.25) is 0 Å². The Morgan fingerprint density at radius 3 is 2.54 bits per heavy atom. The van der Waals surface area contributed by atoms with Crippen LogP contribution in [0.5, 0.6) is 0 Å². The van der Waals surface area contributed by atoms with Crippen molar-refractivity contribution < 1.29 is 19.1 Å². The Morgan fingerprint density at radius 2 is 1.77 bits per heavy atom. The van der Waals surface area contributed by atoms with Crippen molar-refractivity contribution in [2.45, 2.75) is 19.4 Å². The molecule has 3 aromatic carbocycles. The highest BCUT2D eigenvalue weighted by atomic mass is 16.4. The minimum Gasteiger partial charge on any atom is -0.480 e. The SMILES string of the molecule is Cc1ccc2oc(-c3ccc(C(=O)NC(Cc4c[nH]c5ccccc45)C(=O)O)cc3)cc(=O)c2c1. The number of aromatic amines is 1. The van der Waals surface area contributed by atoms with Crippen LogP contribution < -0.4 is 10.7 Å². The standard InChI is InChI=1S/C28H22N2O5/c1-16-6-11-25-21(12-16)24(31)14-26(35-25)17-7-9-18(10-8-17)27(32)30-23(28(33)34)13-19-15-29-22-5-3-2-4-20(19)22/h2-12,14-15,23,29H,13H2,1H3,(H,30,32)(H,33,34). The molecule has 1 amide bonds. The van der Waals surface area contributed by atoms with Gasteiger partial charge in [-0.3, -0.25) is 9.59 Å². The van der Waals surface area contributed by atoms with Gasteiger partial charge in [-0.25, -0.2) is 4.79 Å². The molecule has 0 radical (unpaired) electrons. The van der Waals surface area contributed by atoms with Gasteiger partial charge < -0.3 is 19.8 Å². The Morgan fingerprint density at radius 1 is 1.00 bits per heavy atom. The quantitative estimate of drug-likeness (QED) is 0.337. The maximum atomic E-state index is 12.8. The summed E-state index contributed by atoms with van der Waals surface area (Å²) in [5, 5.41) is 13.7. The van der Waals surface area contributed by atoms with E-state index in [2.05, 4.69) is 10.3 Å². The molecule has 3 N–H and O–H groups in total. The molecule has 0 aliphatic heterocycles. The van der Waals surface area contributed by atoms with Crippen LogP contribution in [0, 0.1) is 6.92 Å². The van der Waals surface area contributed by atoms with E-state index >= 15 is 0 Å². The maximum Gasteiger partial charge on any atom is 0.326 e. The molecule has 174 valence electrons. The third kappa shape index (κ3) is 4.44. The van der Waals surface area contributed by atoms with Gasteiger partial charge in [0.15, 0.2) is 5.43 Å². The minimum atomic E-state index is -1.12. The average Bonchev–Trinajstić information content (AvgIpc) is 3.27. The molecule has 0 fully saturated rings. The molecule has 5 rings (SSSR count). The largest absolute Gasteiger partial charge is 0.480 e. The number of hydrogen-bond acceptors (Lipinski definition) is 4. The van der Waals surface area contributed by atoms with Crippen LogP contribution >= 0.6 is 0 Å². The lowest BCUT2D eigenvalue weighted by atomic mass is 10.0. The molecular formula is C28H22N2O5. The minimum absolute atomic E-state index is 0.144. The van der Waals surface area contributed by atoms with E-state index in [1.165, 1.54) is 6.07 Å². The lowest BCUT2D eigenvalue weighted by molar-refractivity contribution is -0.139. The zero-order valence-corrected chi connectivity index (χ0v) is 18.9. The summed E-state index contributed by atoms with van der Waals surface area (Å²) >= 11 is 0. The second kappa shape index (κ2) is 8.95. The lowest BCUT2D eigenvalue weighted by Crippen LogP contribution is -2.42. The van der Waals surface area contributed by atoms with Crippen molar-refractivity contribution in [3.63, 3.8) is 0 Å². The van der Waals surface area contributed by atoms with Gasteiger partial charge in [-0.1, -0.05) is 42.0 Å². The number of carboxylic acids is 1. The predicted molar refractivity (Wildman–Crippen MR) is 134 cm³/mol. The fourth-order valence-corrected chi connectivity index (χ4v) is 4.16. The number of aliphatic carboxylic acids is 1. The van der Waals surface area contributed by atoms with E-state index in [0.29, 0.717) is 27.9 Å². The van der Waals surface area contributed by atoms with Crippen molar-refractivity contribution >= 4 is 33.7 Å². The van der Waals surface area contributed by atoms with Crippen LogP contribution in [0.25, 0.3) is 33.2 Å². The predicted octanol–water partition coefficient (Wildman–Crippen LogP) is 4.68. The van der Waals surface area contributed by atoms with Crippen molar-refractivity contribution in [3.05, 3.63) is 106 Å². The Kier molecular flexibility index (Phi) is 5.66. The van der Waals surface area contributed by atoms with Crippen LogP contribution in [-0.2, 0) is 11.2 Å². The number of nitrogens with one attached hydrogen (secondary N) is 2. The molecule has 0 aliphatic carbocycles. The van der Waals surface area contributed by atoms with E-state index in [9.17, 15) is 19.5 Å². The van der Waals surface area contributed by atoms with E-state index in [4.69, 9.17) is 4.42 Å².